The minimum atomic E-state index is -4.08. The monoisotopic (exact) mass is 396 g/mol. The second-order valence-corrected chi connectivity index (χ2v) is 8.10. The number of phenols is 1. The zero-order valence-corrected chi connectivity index (χ0v) is 16.2. The number of phenolic OH excluding ortho intramolecular Hbond substituents is 1. The normalized spacial score (nSPS) is 11.1. The largest absolute Gasteiger partial charge is 0.507 e. The van der Waals surface area contributed by atoms with Gasteiger partial charge in [0.15, 0.2) is 0 Å². The van der Waals surface area contributed by atoms with E-state index in [0.717, 1.165) is 5.56 Å². The third-order valence-corrected chi connectivity index (χ3v) is 5.49. The molecule has 144 valence electrons. The number of amides is 1. The molecule has 28 heavy (non-hydrogen) atoms. The van der Waals surface area contributed by atoms with E-state index in [-0.39, 0.29) is 21.9 Å². The van der Waals surface area contributed by atoms with E-state index in [2.05, 4.69) is 10.0 Å². The molecule has 7 heteroatoms. The van der Waals surface area contributed by atoms with Gasteiger partial charge in [-0.3, -0.25) is 9.52 Å². The molecule has 1 amide bonds. The molecule has 0 spiro atoms. The molecule has 0 atom stereocenters. The van der Waals surface area contributed by atoms with Crippen LogP contribution in [0.2, 0.25) is 0 Å². The molecular weight excluding hydrogens is 376 g/mol. The summed E-state index contributed by atoms with van der Waals surface area (Å²) in [5.41, 5.74) is 2.57. The Bertz CT molecular complexity index is 1140. The van der Waals surface area contributed by atoms with Crippen molar-refractivity contribution < 1.29 is 18.3 Å². The van der Waals surface area contributed by atoms with Crippen molar-refractivity contribution in [2.24, 2.45) is 0 Å². The molecule has 0 unspecified atom stereocenters. The Labute approximate surface area is 163 Å². The molecule has 0 saturated carbocycles. The molecule has 3 aromatic carbocycles. The quantitative estimate of drug-likeness (QED) is 0.606. The zero-order valence-electron chi connectivity index (χ0n) is 15.4. The number of hydrogen-bond acceptors (Lipinski definition) is 4. The lowest BCUT2D eigenvalue weighted by Crippen LogP contribution is -2.18. The second kappa shape index (κ2) is 7.74. The van der Waals surface area contributed by atoms with E-state index in [1.807, 2.05) is 25.1 Å². The smallest absolute Gasteiger partial charge is 0.265 e. The van der Waals surface area contributed by atoms with Gasteiger partial charge in [0.05, 0.1) is 11.3 Å². The fourth-order valence-corrected chi connectivity index (χ4v) is 3.99. The van der Waals surface area contributed by atoms with Crippen LogP contribution in [0.1, 0.15) is 21.5 Å². The summed E-state index contributed by atoms with van der Waals surface area (Å²) in [6.45, 7) is 3.63. The van der Waals surface area contributed by atoms with Crippen LogP contribution in [-0.4, -0.2) is 19.4 Å². The lowest BCUT2D eigenvalue weighted by molar-refractivity contribution is 0.102. The standard InChI is InChI=1S/C21H20N2O4S/c1-14-6-5-7-16(12-14)22-21(25)17-8-3-4-9-18(17)23-28(26,27)20-13-15(2)10-11-19(20)24/h3-13,23-24H,1-2H3,(H,22,25). The highest BCUT2D eigenvalue weighted by Gasteiger charge is 2.22. The van der Waals surface area contributed by atoms with E-state index >= 15 is 0 Å². The van der Waals surface area contributed by atoms with Gasteiger partial charge in [-0.2, -0.15) is 0 Å². The van der Waals surface area contributed by atoms with Gasteiger partial charge in [-0.05, 0) is 61.4 Å². The number of nitrogens with one attached hydrogen (secondary N) is 2. The Hall–Kier alpha value is -3.32. The summed E-state index contributed by atoms with van der Waals surface area (Å²) in [5, 5.41) is 12.7. The molecule has 3 N–H and O–H groups in total. The van der Waals surface area contributed by atoms with Crippen molar-refractivity contribution >= 4 is 27.3 Å². The van der Waals surface area contributed by atoms with Gasteiger partial charge < -0.3 is 10.4 Å². The first-order valence-corrected chi connectivity index (χ1v) is 10.0. The first-order chi connectivity index (χ1) is 13.3. The van der Waals surface area contributed by atoms with Crippen molar-refractivity contribution in [1.29, 1.82) is 0 Å². The minimum absolute atomic E-state index is 0.119. The summed E-state index contributed by atoms with van der Waals surface area (Å²) >= 11 is 0. The Morgan fingerprint density at radius 2 is 1.61 bits per heavy atom. The zero-order chi connectivity index (χ0) is 20.3. The fourth-order valence-electron chi connectivity index (χ4n) is 2.73. The summed E-state index contributed by atoms with van der Waals surface area (Å²) in [5.74, 6) is -0.808. The second-order valence-electron chi connectivity index (χ2n) is 6.45. The van der Waals surface area contributed by atoms with Gasteiger partial charge in [0, 0.05) is 5.69 Å². The predicted molar refractivity (Wildman–Crippen MR) is 109 cm³/mol. The molecule has 0 fully saturated rings. The van der Waals surface area contributed by atoms with Gasteiger partial charge in [-0.1, -0.05) is 30.3 Å². The van der Waals surface area contributed by atoms with E-state index in [0.29, 0.717) is 11.3 Å². The minimum Gasteiger partial charge on any atom is -0.507 e. The first kappa shape index (κ1) is 19.4. The molecule has 0 aliphatic heterocycles. The van der Waals surface area contributed by atoms with Gasteiger partial charge in [-0.25, -0.2) is 8.42 Å². The van der Waals surface area contributed by atoms with Crippen molar-refractivity contribution in [3.05, 3.63) is 83.4 Å². The molecule has 3 aromatic rings. The average Bonchev–Trinajstić information content (AvgIpc) is 2.63. The van der Waals surface area contributed by atoms with Crippen LogP contribution in [-0.2, 0) is 10.0 Å². The van der Waals surface area contributed by atoms with E-state index in [4.69, 9.17) is 0 Å². The van der Waals surface area contributed by atoms with Crippen LogP contribution in [0, 0.1) is 13.8 Å². The van der Waals surface area contributed by atoms with Crippen LogP contribution in [0.25, 0.3) is 0 Å². The van der Waals surface area contributed by atoms with E-state index in [1.165, 1.54) is 24.3 Å². The number of sulfonamides is 1. The van der Waals surface area contributed by atoms with Gasteiger partial charge >= 0.3 is 0 Å². The number of aromatic hydroxyl groups is 1. The van der Waals surface area contributed by atoms with Gasteiger partial charge in [0.25, 0.3) is 15.9 Å². The van der Waals surface area contributed by atoms with Crippen molar-refractivity contribution in [3.63, 3.8) is 0 Å². The molecule has 3 rings (SSSR count). The average molecular weight is 396 g/mol. The van der Waals surface area contributed by atoms with Gasteiger partial charge in [0.2, 0.25) is 0 Å². The Morgan fingerprint density at radius 1 is 0.893 bits per heavy atom. The third-order valence-electron chi connectivity index (χ3n) is 4.10. The number of carbonyl (C=O) groups excluding carboxylic acids is 1. The number of para-hydroxylation sites is 1. The van der Waals surface area contributed by atoms with E-state index in [9.17, 15) is 18.3 Å². The van der Waals surface area contributed by atoms with Crippen LogP contribution in [0.4, 0.5) is 11.4 Å². The molecule has 0 heterocycles. The molecule has 0 aromatic heterocycles. The number of aryl methyl sites for hydroxylation is 2. The van der Waals surface area contributed by atoms with Crippen LogP contribution >= 0.6 is 0 Å². The highest BCUT2D eigenvalue weighted by molar-refractivity contribution is 7.92. The summed E-state index contributed by atoms with van der Waals surface area (Å²) in [6, 6.07) is 17.9. The summed E-state index contributed by atoms with van der Waals surface area (Å²) in [4.78, 5) is 12.4. The van der Waals surface area contributed by atoms with Crippen LogP contribution in [0.3, 0.4) is 0 Å². The summed E-state index contributed by atoms with van der Waals surface area (Å²) in [6.07, 6.45) is 0. The number of benzene rings is 3. The number of rotatable bonds is 5. The Balaban J connectivity index is 1.92. The SMILES string of the molecule is Cc1cccc(NC(=O)c2ccccc2NS(=O)(=O)c2cc(C)ccc2O)c1. The number of hydrogen-bond donors (Lipinski definition) is 3. The van der Waals surface area contributed by atoms with E-state index in [1.54, 1.807) is 31.2 Å². The van der Waals surface area contributed by atoms with Crippen molar-refractivity contribution in [2.75, 3.05) is 10.0 Å². The maximum atomic E-state index is 12.7. The maximum absolute atomic E-state index is 12.7. The molecule has 0 aliphatic rings. The predicted octanol–water partition coefficient (Wildman–Crippen LogP) is 4.06. The topological polar surface area (TPSA) is 95.5 Å². The highest BCUT2D eigenvalue weighted by Crippen LogP contribution is 2.27. The molecule has 6 nitrogen and oxygen atoms in total. The molecule has 0 radical (unpaired) electrons. The molecule has 0 aliphatic carbocycles. The van der Waals surface area contributed by atoms with Crippen molar-refractivity contribution in [3.8, 4) is 5.75 Å². The number of carbonyl (C=O) groups is 1. The number of anilines is 2. The summed E-state index contributed by atoms with van der Waals surface area (Å²) < 4.78 is 27.9. The molecule has 0 saturated heterocycles. The van der Waals surface area contributed by atoms with E-state index < -0.39 is 15.9 Å². The first-order valence-electron chi connectivity index (χ1n) is 8.56. The van der Waals surface area contributed by atoms with Gasteiger partial charge in [-0.15, -0.1) is 0 Å². The summed E-state index contributed by atoms with van der Waals surface area (Å²) in [7, 11) is -4.08. The van der Waals surface area contributed by atoms with Crippen molar-refractivity contribution in [1.82, 2.24) is 0 Å². The maximum Gasteiger partial charge on any atom is 0.265 e. The Kier molecular flexibility index (Phi) is 5.37. The highest BCUT2D eigenvalue weighted by atomic mass is 32.2. The lowest BCUT2D eigenvalue weighted by Gasteiger charge is -2.14. The van der Waals surface area contributed by atoms with Crippen molar-refractivity contribution in [2.45, 2.75) is 18.7 Å². The Morgan fingerprint density at radius 3 is 2.36 bits per heavy atom. The fraction of sp³-hybridized carbons (Fsp3) is 0.0952. The molecule has 0 bridgehead atoms. The lowest BCUT2D eigenvalue weighted by atomic mass is 10.1. The van der Waals surface area contributed by atoms with Crippen LogP contribution in [0.5, 0.6) is 5.75 Å². The van der Waals surface area contributed by atoms with Crippen LogP contribution < -0.4 is 10.0 Å². The third kappa shape index (κ3) is 4.32. The van der Waals surface area contributed by atoms with Gasteiger partial charge in [0.1, 0.15) is 10.6 Å². The van der Waals surface area contributed by atoms with Crippen LogP contribution in [0.15, 0.2) is 71.6 Å². The molecular formula is C21H20N2O4S.